The molecule has 0 radical (unpaired) electrons. The fourth-order valence-corrected chi connectivity index (χ4v) is 5.05. The van der Waals surface area contributed by atoms with Gasteiger partial charge in [-0.05, 0) is 50.5 Å². The van der Waals surface area contributed by atoms with Crippen molar-refractivity contribution >= 4 is 5.91 Å². The van der Waals surface area contributed by atoms with Crippen LogP contribution in [0.4, 0.5) is 4.39 Å². The molecule has 1 amide bonds. The SMILES string of the molecule is CC(=O)N1CCCCC[C@@H]2N(Cc3cnn(-c4ccc(F)cc4)c3)CC[C@@]21C. The van der Waals surface area contributed by atoms with Crippen molar-refractivity contribution in [2.24, 2.45) is 0 Å². The molecule has 0 bridgehead atoms. The van der Waals surface area contributed by atoms with Gasteiger partial charge in [0, 0.05) is 44.4 Å². The topological polar surface area (TPSA) is 41.4 Å². The summed E-state index contributed by atoms with van der Waals surface area (Å²) in [5.74, 6) is -0.0489. The van der Waals surface area contributed by atoms with Gasteiger partial charge in [0.25, 0.3) is 0 Å². The van der Waals surface area contributed by atoms with Gasteiger partial charge in [0.15, 0.2) is 0 Å². The maximum absolute atomic E-state index is 13.2. The molecule has 0 saturated carbocycles. The second-order valence-corrected chi connectivity index (χ2v) is 8.38. The third kappa shape index (κ3) is 3.58. The quantitative estimate of drug-likeness (QED) is 0.809. The lowest BCUT2D eigenvalue weighted by atomic mass is 9.85. The molecule has 0 unspecified atom stereocenters. The number of hydrogen-bond acceptors (Lipinski definition) is 3. The molecule has 0 N–H and O–H groups in total. The smallest absolute Gasteiger partial charge is 0.219 e. The molecule has 2 atom stereocenters. The molecule has 4 rings (SSSR count). The number of carbonyl (C=O) groups is 1. The van der Waals surface area contributed by atoms with Gasteiger partial charge in [0.2, 0.25) is 5.91 Å². The molecule has 0 spiro atoms. The molecule has 2 aliphatic heterocycles. The molecule has 150 valence electrons. The van der Waals surface area contributed by atoms with Crippen molar-refractivity contribution in [1.29, 1.82) is 0 Å². The predicted molar refractivity (Wildman–Crippen MR) is 107 cm³/mol. The maximum Gasteiger partial charge on any atom is 0.219 e. The van der Waals surface area contributed by atoms with E-state index in [1.165, 1.54) is 25.0 Å². The van der Waals surface area contributed by atoms with Crippen molar-refractivity contribution in [3.8, 4) is 5.69 Å². The fraction of sp³-hybridized carbons (Fsp3) is 0.545. The van der Waals surface area contributed by atoms with Crippen LogP contribution in [0.15, 0.2) is 36.7 Å². The zero-order valence-electron chi connectivity index (χ0n) is 16.8. The Morgan fingerprint density at radius 3 is 2.75 bits per heavy atom. The van der Waals surface area contributed by atoms with Gasteiger partial charge in [0.05, 0.1) is 17.4 Å². The summed E-state index contributed by atoms with van der Waals surface area (Å²) in [6, 6.07) is 6.75. The van der Waals surface area contributed by atoms with E-state index < -0.39 is 0 Å². The highest BCUT2D eigenvalue weighted by molar-refractivity contribution is 5.74. The summed E-state index contributed by atoms with van der Waals surface area (Å²) >= 11 is 0. The van der Waals surface area contributed by atoms with Gasteiger partial charge in [-0.15, -0.1) is 0 Å². The van der Waals surface area contributed by atoms with Gasteiger partial charge in [0.1, 0.15) is 5.82 Å². The molecule has 1 aromatic carbocycles. The zero-order chi connectivity index (χ0) is 19.7. The van der Waals surface area contributed by atoms with Gasteiger partial charge in [-0.25, -0.2) is 9.07 Å². The molecular formula is C22H29FN4O. The van der Waals surface area contributed by atoms with Gasteiger partial charge in [-0.3, -0.25) is 9.69 Å². The van der Waals surface area contributed by atoms with E-state index in [4.69, 9.17) is 0 Å². The number of likely N-dealkylation sites (tertiary alicyclic amines) is 2. The van der Waals surface area contributed by atoms with Crippen LogP contribution < -0.4 is 0 Å². The summed E-state index contributed by atoms with van der Waals surface area (Å²) < 4.78 is 15.0. The second-order valence-electron chi connectivity index (χ2n) is 8.38. The summed E-state index contributed by atoms with van der Waals surface area (Å²) in [6.45, 7) is 6.67. The fourth-order valence-electron chi connectivity index (χ4n) is 5.05. The Kier molecular flexibility index (Phi) is 5.23. The van der Waals surface area contributed by atoms with E-state index in [-0.39, 0.29) is 17.3 Å². The Morgan fingerprint density at radius 1 is 1.21 bits per heavy atom. The lowest BCUT2D eigenvalue weighted by Gasteiger charge is -2.45. The van der Waals surface area contributed by atoms with Crippen molar-refractivity contribution in [1.82, 2.24) is 19.6 Å². The Balaban J connectivity index is 1.52. The number of carbonyl (C=O) groups excluding carboxylic acids is 1. The van der Waals surface area contributed by atoms with Crippen LogP contribution in [-0.4, -0.2) is 50.2 Å². The van der Waals surface area contributed by atoms with Crippen molar-refractivity contribution in [3.63, 3.8) is 0 Å². The van der Waals surface area contributed by atoms with E-state index in [0.717, 1.165) is 50.1 Å². The van der Waals surface area contributed by atoms with Crippen molar-refractivity contribution < 1.29 is 9.18 Å². The van der Waals surface area contributed by atoms with Crippen LogP contribution in [0.5, 0.6) is 0 Å². The summed E-state index contributed by atoms with van der Waals surface area (Å²) in [5.41, 5.74) is 1.91. The molecular weight excluding hydrogens is 355 g/mol. The highest BCUT2D eigenvalue weighted by Gasteiger charge is 2.48. The molecule has 2 saturated heterocycles. The number of fused-ring (bicyclic) bond motifs is 1. The van der Waals surface area contributed by atoms with Crippen molar-refractivity contribution in [2.75, 3.05) is 13.1 Å². The predicted octanol–water partition coefficient (Wildman–Crippen LogP) is 3.77. The summed E-state index contributed by atoms with van der Waals surface area (Å²) in [5, 5.41) is 4.46. The highest BCUT2D eigenvalue weighted by Crippen LogP contribution is 2.39. The number of nitrogens with zero attached hydrogens (tertiary/aromatic N) is 4. The minimum Gasteiger partial charge on any atom is -0.336 e. The number of hydrogen-bond donors (Lipinski definition) is 0. The van der Waals surface area contributed by atoms with E-state index in [9.17, 15) is 9.18 Å². The summed E-state index contributed by atoms with van der Waals surface area (Å²) in [4.78, 5) is 17.0. The Bertz CT molecular complexity index is 833. The van der Waals surface area contributed by atoms with E-state index >= 15 is 0 Å². The lowest BCUT2D eigenvalue weighted by Crippen LogP contribution is -2.57. The largest absolute Gasteiger partial charge is 0.336 e. The molecule has 28 heavy (non-hydrogen) atoms. The number of halogens is 1. The standard InChI is InChI=1S/C22H29FN4O/c1-17(28)26-12-5-3-4-6-21-22(26,2)11-13-25(21)15-18-14-24-27(16-18)20-9-7-19(23)8-10-20/h7-10,14,16,21H,3-6,11-13,15H2,1-2H3/t21-,22-/m0/s1. The third-order valence-electron chi connectivity index (χ3n) is 6.53. The van der Waals surface area contributed by atoms with Crippen LogP contribution >= 0.6 is 0 Å². The molecule has 2 aliphatic rings. The first-order chi connectivity index (χ1) is 13.5. The number of amides is 1. The highest BCUT2D eigenvalue weighted by atomic mass is 19.1. The average molecular weight is 384 g/mol. The Hall–Kier alpha value is -2.21. The Labute approximate surface area is 166 Å². The zero-order valence-corrected chi connectivity index (χ0v) is 16.8. The van der Waals surface area contributed by atoms with Gasteiger partial charge in [-0.2, -0.15) is 5.10 Å². The first kappa shape index (κ1) is 19.1. The van der Waals surface area contributed by atoms with Crippen LogP contribution in [0.3, 0.4) is 0 Å². The molecule has 2 aromatic rings. The molecule has 3 heterocycles. The van der Waals surface area contributed by atoms with Crippen molar-refractivity contribution in [2.45, 2.75) is 64.1 Å². The molecule has 0 aliphatic carbocycles. The molecule has 2 fully saturated rings. The molecule has 6 heteroatoms. The minimum atomic E-state index is -0.244. The van der Waals surface area contributed by atoms with Crippen LogP contribution in [0.2, 0.25) is 0 Å². The normalized spacial score (nSPS) is 26.0. The third-order valence-corrected chi connectivity index (χ3v) is 6.53. The summed E-state index contributed by atoms with van der Waals surface area (Å²) in [6.07, 6.45) is 9.57. The van der Waals surface area contributed by atoms with Crippen LogP contribution in [-0.2, 0) is 11.3 Å². The van der Waals surface area contributed by atoms with E-state index in [2.05, 4.69) is 21.8 Å². The van der Waals surface area contributed by atoms with Gasteiger partial charge >= 0.3 is 0 Å². The van der Waals surface area contributed by atoms with Gasteiger partial charge in [-0.1, -0.05) is 12.8 Å². The van der Waals surface area contributed by atoms with E-state index in [1.54, 1.807) is 23.7 Å². The van der Waals surface area contributed by atoms with Crippen LogP contribution in [0.1, 0.15) is 51.5 Å². The number of benzene rings is 1. The van der Waals surface area contributed by atoms with Gasteiger partial charge < -0.3 is 4.90 Å². The first-order valence-electron chi connectivity index (χ1n) is 10.3. The first-order valence-corrected chi connectivity index (χ1v) is 10.3. The average Bonchev–Trinajstić information content (AvgIpc) is 3.23. The summed E-state index contributed by atoms with van der Waals surface area (Å²) in [7, 11) is 0. The Morgan fingerprint density at radius 2 is 2.00 bits per heavy atom. The minimum absolute atomic E-state index is 0.0841. The van der Waals surface area contributed by atoms with E-state index in [0.29, 0.717) is 6.04 Å². The lowest BCUT2D eigenvalue weighted by molar-refractivity contribution is -0.136. The maximum atomic E-state index is 13.2. The number of rotatable bonds is 3. The number of aromatic nitrogens is 2. The van der Waals surface area contributed by atoms with E-state index in [1.807, 2.05) is 12.4 Å². The van der Waals surface area contributed by atoms with Crippen LogP contribution in [0, 0.1) is 5.82 Å². The molecule has 5 nitrogen and oxygen atoms in total. The van der Waals surface area contributed by atoms with Crippen molar-refractivity contribution in [3.05, 3.63) is 48.0 Å². The monoisotopic (exact) mass is 384 g/mol. The van der Waals surface area contributed by atoms with Crippen LogP contribution in [0.25, 0.3) is 5.69 Å². The molecule has 1 aromatic heterocycles. The second kappa shape index (κ2) is 7.66.